The fraction of sp³-hybridized carbons (Fsp3) is 0.429. The zero-order valence-corrected chi connectivity index (χ0v) is 12.9. The summed E-state index contributed by atoms with van der Waals surface area (Å²) in [5.41, 5.74) is -0.810. The molecule has 0 aliphatic rings. The number of amides is 2. The van der Waals surface area contributed by atoms with Gasteiger partial charge in [-0.1, -0.05) is 18.2 Å². The monoisotopic (exact) mass is 310 g/mol. The predicted molar refractivity (Wildman–Crippen MR) is 77.3 cm³/mol. The zero-order chi connectivity index (χ0) is 16.9. The highest BCUT2D eigenvalue weighted by Gasteiger charge is 2.30. The number of hydrogen-bond donors (Lipinski definition) is 0. The Morgan fingerprint density at radius 1 is 1.23 bits per heavy atom. The van der Waals surface area contributed by atoms with Gasteiger partial charge in [-0.3, -0.25) is 10.1 Å². The minimum atomic E-state index is -0.951. The first-order valence-corrected chi connectivity index (χ1v) is 6.46. The molecule has 8 nitrogen and oxygen atoms in total. The van der Waals surface area contributed by atoms with Crippen molar-refractivity contribution >= 4 is 17.9 Å². The van der Waals surface area contributed by atoms with E-state index in [1.807, 2.05) is 0 Å². The lowest BCUT2D eigenvalue weighted by molar-refractivity contribution is -0.385. The Morgan fingerprint density at radius 2 is 1.82 bits per heavy atom. The number of hydrogen-bond acceptors (Lipinski definition) is 6. The molecule has 8 heteroatoms. The van der Waals surface area contributed by atoms with Gasteiger partial charge in [0.1, 0.15) is 5.60 Å². The van der Waals surface area contributed by atoms with Gasteiger partial charge in [-0.05, 0) is 20.8 Å². The number of methoxy groups -OCH3 is 1. The molecule has 0 radical (unpaired) electrons. The van der Waals surface area contributed by atoms with E-state index in [9.17, 15) is 19.7 Å². The minimum absolute atomic E-state index is 0.194. The minimum Gasteiger partial charge on any atom is -0.452 e. The molecule has 1 rings (SSSR count). The first kappa shape index (κ1) is 17.4. The van der Waals surface area contributed by atoms with E-state index >= 15 is 0 Å². The quantitative estimate of drug-likeness (QED) is 0.628. The Balaban J connectivity index is 3.08. The Kier molecular flexibility index (Phi) is 5.44. The van der Waals surface area contributed by atoms with Crippen LogP contribution in [-0.2, 0) is 16.0 Å². The Bertz CT molecular complexity index is 579. The number of rotatable bonds is 3. The Labute approximate surface area is 127 Å². The van der Waals surface area contributed by atoms with E-state index in [2.05, 4.69) is 4.74 Å². The number of para-hydroxylation sites is 1. The zero-order valence-electron chi connectivity index (χ0n) is 12.9. The van der Waals surface area contributed by atoms with Gasteiger partial charge in [0.25, 0.3) is 5.69 Å². The number of benzene rings is 1. The van der Waals surface area contributed by atoms with E-state index in [1.54, 1.807) is 26.8 Å². The lowest BCUT2D eigenvalue weighted by Gasteiger charge is -2.25. The van der Waals surface area contributed by atoms with Crippen molar-refractivity contribution in [2.75, 3.05) is 7.11 Å². The summed E-state index contributed by atoms with van der Waals surface area (Å²) in [7, 11) is 1.11. The second kappa shape index (κ2) is 6.88. The molecule has 1 aromatic carbocycles. The molecule has 0 bridgehead atoms. The summed E-state index contributed by atoms with van der Waals surface area (Å²) in [6, 6.07) is 5.82. The molecule has 0 aromatic heterocycles. The van der Waals surface area contributed by atoms with Crippen LogP contribution in [0.1, 0.15) is 26.3 Å². The van der Waals surface area contributed by atoms with Gasteiger partial charge in [0.2, 0.25) is 0 Å². The van der Waals surface area contributed by atoms with Crippen LogP contribution in [0, 0.1) is 10.1 Å². The molecular formula is C14H18N2O6. The summed E-state index contributed by atoms with van der Waals surface area (Å²) in [6.07, 6.45) is -1.88. The van der Waals surface area contributed by atoms with Gasteiger partial charge in [-0.2, -0.15) is 0 Å². The molecule has 0 atom stereocenters. The van der Waals surface area contributed by atoms with Crippen molar-refractivity contribution in [2.45, 2.75) is 32.9 Å². The second-order valence-electron chi connectivity index (χ2n) is 5.42. The molecule has 2 amide bonds. The molecule has 0 aliphatic carbocycles. The number of nitrogens with zero attached hydrogens (tertiary/aromatic N) is 2. The number of carbonyl (C=O) groups excluding carboxylic acids is 2. The third-order valence-corrected chi connectivity index (χ3v) is 2.53. The van der Waals surface area contributed by atoms with E-state index in [-0.39, 0.29) is 17.8 Å². The Hall–Kier alpha value is -2.64. The van der Waals surface area contributed by atoms with Crippen LogP contribution in [0.2, 0.25) is 0 Å². The first-order chi connectivity index (χ1) is 10.2. The summed E-state index contributed by atoms with van der Waals surface area (Å²) >= 11 is 0. The van der Waals surface area contributed by atoms with Gasteiger partial charge >= 0.3 is 12.2 Å². The summed E-state index contributed by atoms with van der Waals surface area (Å²) in [4.78, 5) is 34.9. The molecule has 120 valence electrons. The second-order valence-corrected chi connectivity index (χ2v) is 5.42. The van der Waals surface area contributed by atoms with Gasteiger partial charge in [0.05, 0.1) is 18.6 Å². The number of nitro groups is 1. The van der Waals surface area contributed by atoms with Crippen molar-refractivity contribution < 1.29 is 24.0 Å². The molecule has 0 saturated carbocycles. The molecule has 0 spiro atoms. The lowest BCUT2D eigenvalue weighted by atomic mass is 10.1. The van der Waals surface area contributed by atoms with Crippen LogP contribution >= 0.6 is 0 Å². The molecule has 1 aromatic rings. The van der Waals surface area contributed by atoms with E-state index in [0.717, 1.165) is 7.11 Å². The van der Waals surface area contributed by atoms with Crippen molar-refractivity contribution in [3.63, 3.8) is 0 Å². The maximum atomic E-state index is 12.1. The van der Waals surface area contributed by atoms with Crippen LogP contribution in [0.4, 0.5) is 15.3 Å². The normalized spacial score (nSPS) is 10.7. The molecule has 0 unspecified atom stereocenters. The average Bonchev–Trinajstić information content (AvgIpc) is 2.42. The molecule has 0 fully saturated rings. The smallest absolute Gasteiger partial charge is 0.420 e. The third-order valence-electron chi connectivity index (χ3n) is 2.53. The van der Waals surface area contributed by atoms with Gasteiger partial charge in [-0.25, -0.2) is 14.5 Å². The molecule has 0 heterocycles. The van der Waals surface area contributed by atoms with Crippen LogP contribution in [0.25, 0.3) is 0 Å². The summed E-state index contributed by atoms with van der Waals surface area (Å²) in [5, 5.41) is 11.0. The number of imide groups is 1. The largest absolute Gasteiger partial charge is 0.452 e. The van der Waals surface area contributed by atoms with Crippen LogP contribution < -0.4 is 0 Å². The van der Waals surface area contributed by atoms with Crippen molar-refractivity contribution in [1.82, 2.24) is 4.90 Å². The first-order valence-electron chi connectivity index (χ1n) is 6.46. The maximum absolute atomic E-state index is 12.1. The molecule has 0 aliphatic heterocycles. The Morgan fingerprint density at radius 3 is 2.32 bits per heavy atom. The van der Waals surface area contributed by atoms with Crippen molar-refractivity contribution in [3.8, 4) is 0 Å². The van der Waals surface area contributed by atoms with E-state index in [0.29, 0.717) is 4.90 Å². The molecule has 0 N–H and O–H groups in total. The van der Waals surface area contributed by atoms with Crippen LogP contribution in [0.15, 0.2) is 24.3 Å². The predicted octanol–water partition coefficient (Wildman–Crippen LogP) is 3.10. The molecule has 0 saturated heterocycles. The van der Waals surface area contributed by atoms with Crippen molar-refractivity contribution in [1.29, 1.82) is 0 Å². The highest BCUT2D eigenvalue weighted by molar-refractivity contribution is 5.88. The fourth-order valence-electron chi connectivity index (χ4n) is 1.62. The number of nitro benzene ring substituents is 1. The molecule has 22 heavy (non-hydrogen) atoms. The van der Waals surface area contributed by atoms with Crippen LogP contribution in [-0.4, -0.2) is 34.7 Å². The molecular weight excluding hydrogens is 292 g/mol. The van der Waals surface area contributed by atoms with E-state index in [4.69, 9.17) is 4.74 Å². The average molecular weight is 310 g/mol. The summed E-state index contributed by atoms with van der Waals surface area (Å²) in [6.45, 7) is 4.61. The summed E-state index contributed by atoms with van der Waals surface area (Å²) in [5.74, 6) is 0. The fourth-order valence-corrected chi connectivity index (χ4v) is 1.62. The van der Waals surface area contributed by atoms with E-state index in [1.165, 1.54) is 18.2 Å². The van der Waals surface area contributed by atoms with Gasteiger partial charge in [0, 0.05) is 11.6 Å². The summed E-state index contributed by atoms with van der Waals surface area (Å²) < 4.78 is 9.65. The number of ether oxygens (including phenoxy) is 2. The van der Waals surface area contributed by atoms with Crippen molar-refractivity contribution in [2.24, 2.45) is 0 Å². The van der Waals surface area contributed by atoms with Gasteiger partial charge in [-0.15, -0.1) is 0 Å². The van der Waals surface area contributed by atoms with E-state index < -0.39 is 22.7 Å². The van der Waals surface area contributed by atoms with Crippen LogP contribution in [0.5, 0.6) is 0 Å². The standard InChI is InChI=1S/C14H18N2O6/c1-14(2,3)22-13(18)15(12(17)21-4)9-10-7-5-6-8-11(10)16(19)20/h5-8H,9H2,1-4H3. The SMILES string of the molecule is COC(=O)N(Cc1ccccc1[N+](=O)[O-])C(=O)OC(C)(C)C. The van der Waals surface area contributed by atoms with Gasteiger partial charge < -0.3 is 9.47 Å². The number of carbonyl (C=O) groups is 2. The maximum Gasteiger partial charge on any atom is 0.420 e. The topological polar surface area (TPSA) is 99.0 Å². The van der Waals surface area contributed by atoms with Crippen LogP contribution in [0.3, 0.4) is 0 Å². The van der Waals surface area contributed by atoms with Crippen molar-refractivity contribution in [3.05, 3.63) is 39.9 Å². The van der Waals surface area contributed by atoms with Gasteiger partial charge in [0.15, 0.2) is 0 Å². The lowest BCUT2D eigenvalue weighted by Crippen LogP contribution is -2.40. The highest BCUT2D eigenvalue weighted by atomic mass is 16.6. The highest BCUT2D eigenvalue weighted by Crippen LogP contribution is 2.21. The third kappa shape index (κ3) is 4.72.